The highest BCUT2D eigenvalue weighted by molar-refractivity contribution is 7.99. The predicted molar refractivity (Wildman–Crippen MR) is 123 cm³/mol. The maximum atomic E-state index is 5.48. The van der Waals surface area contributed by atoms with E-state index in [0.29, 0.717) is 12.5 Å². The summed E-state index contributed by atoms with van der Waals surface area (Å²) >= 11 is 2.04. The number of anilines is 1. The molecule has 29 heavy (non-hydrogen) atoms. The lowest BCUT2D eigenvalue weighted by atomic mass is 9.99. The van der Waals surface area contributed by atoms with Crippen molar-refractivity contribution in [2.75, 3.05) is 36.5 Å². The van der Waals surface area contributed by atoms with Gasteiger partial charge in [0.1, 0.15) is 0 Å². The Kier molecular flexibility index (Phi) is 8.28. The number of hydrogen-bond acceptors (Lipinski definition) is 5. The van der Waals surface area contributed by atoms with Crippen LogP contribution in [0.25, 0.3) is 0 Å². The number of nitrogens with zero attached hydrogens (tertiary/aromatic N) is 3. The normalized spacial score (nSPS) is 15.0. The second-order valence-corrected chi connectivity index (χ2v) is 8.50. The Hall–Kier alpha value is -2.15. The molecule has 0 saturated carbocycles. The van der Waals surface area contributed by atoms with Crippen molar-refractivity contribution in [1.29, 1.82) is 0 Å². The lowest BCUT2D eigenvalue weighted by molar-refractivity contribution is 0.368. The first kappa shape index (κ1) is 21.6. The summed E-state index contributed by atoms with van der Waals surface area (Å²) in [5.41, 5.74) is 3.59. The summed E-state index contributed by atoms with van der Waals surface area (Å²) < 4.78 is 5.48. The highest BCUT2D eigenvalue weighted by Gasteiger charge is 2.13. The van der Waals surface area contributed by atoms with Crippen molar-refractivity contribution in [2.24, 2.45) is 4.99 Å². The Bertz CT molecular complexity index is 764. The van der Waals surface area contributed by atoms with Gasteiger partial charge in [0.15, 0.2) is 11.7 Å². The van der Waals surface area contributed by atoms with Gasteiger partial charge in [0.25, 0.3) is 0 Å². The molecule has 158 valence electrons. The van der Waals surface area contributed by atoms with E-state index < -0.39 is 0 Å². The molecule has 1 aliphatic rings. The molecule has 1 aromatic carbocycles. The van der Waals surface area contributed by atoms with Gasteiger partial charge in [-0.15, -0.1) is 0 Å². The smallest absolute Gasteiger partial charge is 0.191 e. The average Bonchev–Trinajstić information content (AvgIpc) is 3.24. The highest BCUT2D eigenvalue weighted by atomic mass is 32.2. The SMILES string of the molecule is CCC(CC)c1cc(CNC(=NC)NCc2ccc(N3CCSCC3)cc2)on1. The van der Waals surface area contributed by atoms with E-state index in [4.69, 9.17) is 4.52 Å². The monoisotopic (exact) mass is 415 g/mol. The molecular weight excluding hydrogens is 382 g/mol. The molecule has 0 atom stereocenters. The van der Waals surface area contributed by atoms with Crippen molar-refractivity contribution in [2.45, 2.75) is 45.7 Å². The fourth-order valence-electron chi connectivity index (χ4n) is 3.54. The first-order chi connectivity index (χ1) is 14.2. The fourth-order valence-corrected chi connectivity index (χ4v) is 4.44. The summed E-state index contributed by atoms with van der Waals surface area (Å²) in [5, 5.41) is 10.9. The average molecular weight is 416 g/mol. The van der Waals surface area contributed by atoms with Gasteiger partial charge < -0.3 is 20.1 Å². The molecule has 6 nitrogen and oxygen atoms in total. The molecule has 2 N–H and O–H groups in total. The van der Waals surface area contributed by atoms with E-state index in [0.717, 1.165) is 49.9 Å². The van der Waals surface area contributed by atoms with Gasteiger partial charge in [0.2, 0.25) is 0 Å². The van der Waals surface area contributed by atoms with Crippen molar-refractivity contribution >= 4 is 23.4 Å². The van der Waals surface area contributed by atoms with Crippen LogP contribution in [0.4, 0.5) is 5.69 Å². The number of nitrogens with one attached hydrogen (secondary N) is 2. The molecular formula is C22H33N5OS. The van der Waals surface area contributed by atoms with E-state index >= 15 is 0 Å². The summed E-state index contributed by atoms with van der Waals surface area (Å²) in [4.78, 5) is 6.77. The van der Waals surface area contributed by atoms with Crippen LogP contribution in [0.2, 0.25) is 0 Å². The van der Waals surface area contributed by atoms with Crippen LogP contribution >= 0.6 is 11.8 Å². The second kappa shape index (κ2) is 11.1. The topological polar surface area (TPSA) is 65.7 Å². The van der Waals surface area contributed by atoms with Crippen molar-refractivity contribution in [1.82, 2.24) is 15.8 Å². The Balaban J connectivity index is 1.46. The number of aliphatic imine (C=N–C) groups is 1. The molecule has 0 bridgehead atoms. The number of benzene rings is 1. The third kappa shape index (κ3) is 6.16. The van der Waals surface area contributed by atoms with Gasteiger partial charge in [0.05, 0.1) is 12.2 Å². The van der Waals surface area contributed by atoms with Crippen LogP contribution in [0.1, 0.15) is 49.6 Å². The third-order valence-electron chi connectivity index (χ3n) is 5.41. The van der Waals surface area contributed by atoms with Gasteiger partial charge in [-0.1, -0.05) is 31.1 Å². The Morgan fingerprint density at radius 1 is 1.14 bits per heavy atom. The summed E-state index contributed by atoms with van der Waals surface area (Å²) in [6.45, 7) is 7.94. The minimum absolute atomic E-state index is 0.469. The van der Waals surface area contributed by atoms with Crippen LogP contribution < -0.4 is 15.5 Å². The van der Waals surface area contributed by atoms with E-state index in [1.807, 2.05) is 11.8 Å². The molecule has 2 heterocycles. The summed E-state index contributed by atoms with van der Waals surface area (Å²) in [6.07, 6.45) is 2.16. The van der Waals surface area contributed by atoms with E-state index in [9.17, 15) is 0 Å². The largest absolute Gasteiger partial charge is 0.370 e. The van der Waals surface area contributed by atoms with Gasteiger partial charge in [-0.05, 0) is 30.5 Å². The molecule has 7 heteroatoms. The van der Waals surface area contributed by atoms with Gasteiger partial charge in [-0.25, -0.2) is 0 Å². The predicted octanol–water partition coefficient (Wildman–Crippen LogP) is 4.00. The van der Waals surface area contributed by atoms with Gasteiger partial charge in [0, 0.05) is 55.9 Å². The van der Waals surface area contributed by atoms with Crippen molar-refractivity contribution < 1.29 is 4.52 Å². The second-order valence-electron chi connectivity index (χ2n) is 7.28. The van der Waals surface area contributed by atoms with E-state index in [2.05, 4.69) is 69.9 Å². The van der Waals surface area contributed by atoms with Crippen molar-refractivity contribution in [3.05, 3.63) is 47.3 Å². The fraction of sp³-hybridized carbons (Fsp3) is 0.545. The summed E-state index contributed by atoms with van der Waals surface area (Å²) in [6, 6.07) is 10.9. The first-order valence-corrected chi connectivity index (χ1v) is 11.7. The molecule has 0 radical (unpaired) electrons. The quantitative estimate of drug-likeness (QED) is 0.502. The van der Waals surface area contributed by atoms with Gasteiger partial charge >= 0.3 is 0 Å². The maximum Gasteiger partial charge on any atom is 0.191 e. The molecule has 0 unspecified atom stereocenters. The minimum Gasteiger partial charge on any atom is -0.370 e. The number of guanidine groups is 1. The molecule has 1 saturated heterocycles. The van der Waals surface area contributed by atoms with E-state index in [1.54, 1.807) is 7.05 Å². The van der Waals surface area contributed by atoms with E-state index in [1.165, 1.54) is 22.8 Å². The Morgan fingerprint density at radius 3 is 2.48 bits per heavy atom. The van der Waals surface area contributed by atoms with E-state index in [-0.39, 0.29) is 0 Å². The minimum atomic E-state index is 0.469. The summed E-state index contributed by atoms with van der Waals surface area (Å²) in [5.74, 6) is 4.49. The van der Waals surface area contributed by atoms with Crippen molar-refractivity contribution in [3.8, 4) is 0 Å². The molecule has 1 aromatic heterocycles. The lowest BCUT2D eigenvalue weighted by Crippen LogP contribution is -2.36. The van der Waals surface area contributed by atoms with Gasteiger partial charge in [-0.2, -0.15) is 11.8 Å². The van der Waals surface area contributed by atoms with Crippen LogP contribution in [0, 0.1) is 0 Å². The molecule has 0 amide bonds. The Labute approximate surface area is 178 Å². The lowest BCUT2D eigenvalue weighted by Gasteiger charge is -2.28. The molecule has 1 fully saturated rings. The number of rotatable bonds is 8. The molecule has 3 rings (SSSR count). The zero-order valence-corrected chi connectivity index (χ0v) is 18.6. The number of thioether (sulfide) groups is 1. The molecule has 0 aliphatic carbocycles. The number of hydrogen-bond donors (Lipinski definition) is 2. The van der Waals surface area contributed by atoms with Gasteiger partial charge in [-0.3, -0.25) is 4.99 Å². The zero-order valence-electron chi connectivity index (χ0n) is 17.8. The standard InChI is InChI=1S/C22H33N5OS/c1-4-18(5-2)21-14-20(28-26-21)16-25-22(23-3)24-15-17-6-8-19(9-7-17)27-10-12-29-13-11-27/h6-9,14,18H,4-5,10-13,15-16H2,1-3H3,(H2,23,24,25). The zero-order chi connectivity index (χ0) is 20.5. The van der Waals surface area contributed by atoms with Crippen LogP contribution in [-0.4, -0.2) is 42.8 Å². The molecule has 1 aliphatic heterocycles. The van der Waals surface area contributed by atoms with Crippen LogP contribution in [0.3, 0.4) is 0 Å². The Morgan fingerprint density at radius 2 is 1.83 bits per heavy atom. The number of aromatic nitrogens is 1. The first-order valence-electron chi connectivity index (χ1n) is 10.5. The van der Waals surface area contributed by atoms with Crippen LogP contribution in [0.15, 0.2) is 39.8 Å². The van der Waals surface area contributed by atoms with Crippen LogP contribution in [0.5, 0.6) is 0 Å². The van der Waals surface area contributed by atoms with Crippen molar-refractivity contribution in [3.63, 3.8) is 0 Å². The summed E-state index contributed by atoms with van der Waals surface area (Å²) in [7, 11) is 1.78. The molecule has 2 aromatic rings. The molecule has 0 spiro atoms. The highest BCUT2D eigenvalue weighted by Crippen LogP contribution is 2.22. The van der Waals surface area contributed by atoms with Crippen LogP contribution in [-0.2, 0) is 13.1 Å². The maximum absolute atomic E-state index is 5.48. The third-order valence-corrected chi connectivity index (χ3v) is 6.35.